The zero-order valence-corrected chi connectivity index (χ0v) is 18.2. The van der Waals surface area contributed by atoms with Gasteiger partial charge in [-0.1, -0.05) is 23.9 Å². The summed E-state index contributed by atoms with van der Waals surface area (Å²) in [6, 6.07) is 13.8. The molecule has 1 amide bonds. The van der Waals surface area contributed by atoms with E-state index in [1.807, 2.05) is 37.3 Å². The first-order chi connectivity index (χ1) is 13.9. The van der Waals surface area contributed by atoms with Crippen molar-refractivity contribution < 1.29 is 9.53 Å². The third-order valence-corrected chi connectivity index (χ3v) is 5.66. The minimum Gasteiger partial charge on any atom is -0.495 e. The standard InChI is InChI=1S/C23H25N3O2S/c1-14-6-8-21(28-5)20(10-14)24-22(27)13-29-23-9-7-19(25-26-23)18-12-16(3)15(2)11-17(18)4/h6-12H,13H2,1-5H3,(H,24,27). The number of rotatable bonds is 6. The van der Waals surface area contributed by atoms with Gasteiger partial charge in [0.25, 0.3) is 0 Å². The molecule has 150 valence electrons. The molecule has 0 saturated carbocycles. The molecule has 1 N–H and O–H groups in total. The maximum Gasteiger partial charge on any atom is 0.234 e. The lowest BCUT2D eigenvalue weighted by molar-refractivity contribution is -0.113. The van der Waals surface area contributed by atoms with E-state index in [9.17, 15) is 4.79 Å². The number of anilines is 1. The Hall–Kier alpha value is -2.86. The number of hydrogen-bond acceptors (Lipinski definition) is 5. The van der Waals surface area contributed by atoms with Crippen molar-refractivity contribution in [1.82, 2.24) is 10.2 Å². The van der Waals surface area contributed by atoms with Crippen LogP contribution in [-0.4, -0.2) is 29.0 Å². The number of aromatic nitrogens is 2. The summed E-state index contributed by atoms with van der Waals surface area (Å²) < 4.78 is 5.30. The van der Waals surface area contributed by atoms with Crippen molar-refractivity contribution >= 4 is 23.4 Å². The Morgan fingerprint density at radius 3 is 2.41 bits per heavy atom. The van der Waals surface area contributed by atoms with Crippen molar-refractivity contribution in [3.8, 4) is 17.0 Å². The van der Waals surface area contributed by atoms with E-state index in [4.69, 9.17) is 4.74 Å². The highest BCUT2D eigenvalue weighted by Gasteiger charge is 2.11. The number of thioether (sulfide) groups is 1. The fourth-order valence-corrected chi connectivity index (χ4v) is 3.64. The lowest BCUT2D eigenvalue weighted by atomic mass is 9.99. The van der Waals surface area contributed by atoms with Gasteiger partial charge in [0, 0.05) is 5.56 Å². The molecule has 1 aromatic heterocycles. The van der Waals surface area contributed by atoms with Crippen LogP contribution in [0.25, 0.3) is 11.3 Å². The molecule has 3 rings (SSSR count). The van der Waals surface area contributed by atoms with E-state index in [0.29, 0.717) is 16.5 Å². The highest BCUT2D eigenvalue weighted by molar-refractivity contribution is 7.99. The number of carbonyl (C=O) groups is 1. The first-order valence-electron chi connectivity index (χ1n) is 9.36. The molecule has 0 unspecified atom stereocenters. The number of hydrogen-bond donors (Lipinski definition) is 1. The zero-order chi connectivity index (χ0) is 21.0. The Bertz CT molecular complexity index is 1030. The van der Waals surface area contributed by atoms with Gasteiger partial charge >= 0.3 is 0 Å². The molecule has 2 aromatic carbocycles. The first kappa shape index (κ1) is 20.9. The molecule has 0 bridgehead atoms. The highest BCUT2D eigenvalue weighted by atomic mass is 32.2. The lowest BCUT2D eigenvalue weighted by Crippen LogP contribution is -2.15. The van der Waals surface area contributed by atoms with Crippen molar-refractivity contribution in [2.45, 2.75) is 32.7 Å². The highest BCUT2D eigenvalue weighted by Crippen LogP contribution is 2.27. The molecule has 0 fully saturated rings. The molecular weight excluding hydrogens is 382 g/mol. The van der Waals surface area contributed by atoms with Gasteiger partial charge in [-0.05, 0) is 80.3 Å². The molecule has 1 heterocycles. The molecule has 3 aromatic rings. The quantitative estimate of drug-likeness (QED) is 0.575. The van der Waals surface area contributed by atoms with Gasteiger partial charge in [0.2, 0.25) is 5.91 Å². The summed E-state index contributed by atoms with van der Waals surface area (Å²) >= 11 is 1.35. The van der Waals surface area contributed by atoms with Crippen LogP contribution in [0, 0.1) is 27.7 Å². The number of carbonyl (C=O) groups excluding carboxylic acids is 1. The summed E-state index contributed by atoms with van der Waals surface area (Å²) in [7, 11) is 1.59. The van der Waals surface area contributed by atoms with Crippen LogP contribution in [0.4, 0.5) is 5.69 Å². The van der Waals surface area contributed by atoms with E-state index in [2.05, 4.69) is 48.4 Å². The van der Waals surface area contributed by atoms with Crippen LogP contribution < -0.4 is 10.1 Å². The molecule has 5 nitrogen and oxygen atoms in total. The summed E-state index contributed by atoms with van der Waals surface area (Å²) in [5.74, 6) is 0.769. The SMILES string of the molecule is COc1ccc(C)cc1NC(=O)CSc1ccc(-c2cc(C)c(C)cc2C)nn1. The second kappa shape index (κ2) is 9.09. The Morgan fingerprint density at radius 2 is 1.72 bits per heavy atom. The number of benzene rings is 2. The lowest BCUT2D eigenvalue weighted by Gasteiger charge is -2.11. The second-order valence-corrected chi connectivity index (χ2v) is 8.04. The minimum absolute atomic E-state index is 0.116. The predicted octanol–water partition coefficient (Wildman–Crippen LogP) is 5.12. The van der Waals surface area contributed by atoms with Gasteiger partial charge in [-0.25, -0.2) is 0 Å². The second-order valence-electron chi connectivity index (χ2n) is 7.05. The fourth-order valence-electron chi connectivity index (χ4n) is 3.02. The normalized spacial score (nSPS) is 10.7. The van der Waals surface area contributed by atoms with Gasteiger partial charge in [-0.3, -0.25) is 4.79 Å². The Labute approximate surface area is 175 Å². The largest absolute Gasteiger partial charge is 0.495 e. The van der Waals surface area contributed by atoms with Crippen molar-refractivity contribution in [2.75, 3.05) is 18.2 Å². The fraction of sp³-hybridized carbons (Fsp3) is 0.261. The van der Waals surface area contributed by atoms with Gasteiger partial charge in [0.1, 0.15) is 10.8 Å². The van der Waals surface area contributed by atoms with Crippen LogP contribution in [0.3, 0.4) is 0 Å². The van der Waals surface area contributed by atoms with E-state index >= 15 is 0 Å². The number of aryl methyl sites for hydroxylation is 4. The first-order valence-corrected chi connectivity index (χ1v) is 10.3. The van der Waals surface area contributed by atoms with Crippen LogP contribution >= 0.6 is 11.8 Å². The summed E-state index contributed by atoms with van der Waals surface area (Å²) in [5.41, 5.74) is 7.32. The average Bonchev–Trinajstić information content (AvgIpc) is 2.70. The molecule has 0 aliphatic heterocycles. The van der Waals surface area contributed by atoms with E-state index < -0.39 is 0 Å². The Kier molecular flexibility index (Phi) is 6.54. The van der Waals surface area contributed by atoms with E-state index in [1.165, 1.54) is 28.5 Å². The van der Waals surface area contributed by atoms with Crippen molar-refractivity contribution in [1.29, 1.82) is 0 Å². The summed E-state index contributed by atoms with van der Waals surface area (Å²) in [6.45, 7) is 8.25. The van der Waals surface area contributed by atoms with Crippen LogP contribution in [0.15, 0.2) is 47.5 Å². The van der Waals surface area contributed by atoms with Gasteiger partial charge in [0.05, 0.1) is 24.2 Å². The molecule has 0 spiro atoms. The van der Waals surface area contributed by atoms with Gasteiger partial charge in [0.15, 0.2) is 0 Å². The number of amides is 1. The summed E-state index contributed by atoms with van der Waals surface area (Å²) in [6.07, 6.45) is 0. The van der Waals surface area contributed by atoms with Gasteiger partial charge in [-0.15, -0.1) is 10.2 Å². The third kappa shape index (κ3) is 5.15. The average molecular weight is 408 g/mol. The maximum absolute atomic E-state index is 12.3. The van der Waals surface area contributed by atoms with Crippen LogP contribution in [0.1, 0.15) is 22.3 Å². The number of methoxy groups -OCH3 is 1. The van der Waals surface area contributed by atoms with E-state index in [0.717, 1.165) is 16.8 Å². The number of nitrogens with one attached hydrogen (secondary N) is 1. The van der Waals surface area contributed by atoms with Crippen LogP contribution in [-0.2, 0) is 4.79 Å². The molecule has 0 radical (unpaired) electrons. The van der Waals surface area contributed by atoms with E-state index in [-0.39, 0.29) is 11.7 Å². The van der Waals surface area contributed by atoms with Crippen molar-refractivity contribution in [2.24, 2.45) is 0 Å². The summed E-state index contributed by atoms with van der Waals surface area (Å²) in [4.78, 5) is 12.3. The van der Waals surface area contributed by atoms with Crippen molar-refractivity contribution in [3.63, 3.8) is 0 Å². The molecule has 6 heteroatoms. The smallest absolute Gasteiger partial charge is 0.234 e. The monoisotopic (exact) mass is 407 g/mol. The van der Waals surface area contributed by atoms with Crippen molar-refractivity contribution in [3.05, 3.63) is 64.7 Å². The van der Waals surface area contributed by atoms with Crippen LogP contribution in [0.5, 0.6) is 5.75 Å². The van der Waals surface area contributed by atoms with E-state index in [1.54, 1.807) is 7.11 Å². The third-order valence-electron chi connectivity index (χ3n) is 4.74. The Morgan fingerprint density at radius 1 is 0.966 bits per heavy atom. The summed E-state index contributed by atoms with van der Waals surface area (Å²) in [5, 5.41) is 12.2. The molecule has 0 saturated heterocycles. The van der Waals surface area contributed by atoms with Gasteiger partial charge < -0.3 is 10.1 Å². The molecule has 0 aliphatic rings. The predicted molar refractivity (Wildman–Crippen MR) is 119 cm³/mol. The molecule has 0 atom stereocenters. The van der Waals surface area contributed by atoms with Gasteiger partial charge in [-0.2, -0.15) is 0 Å². The number of nitrogens with zero attached hydrogens (tertiary/aromatic N) is 2. The maximum atomic E-state index is 12.3. The van der Waals surface area contributed by atoms with Crippen LogP contribution in [0.2, 0.25) is 0 Å². The topological polar surface area (TPSA) is 64.1 Å². The molecule has 29 heavy (non-hydrogen) atoms. The zero-order valence-electron chi connectivity index (χ0n) is 17.4. The minimum atomic E-state index is -0.116. The Balaban J connectivity index is 1.64. The molecule has 0 aliphatic carbocycles. The molecular formula is C23H25N3O2S. The number of ether oxygens (including phenoxy) is 1.